The molecule has 26 heavy (non-hydrogen) atoms. The van der Waals surface area contributed by atoms with E-state index in [2.05, 4.69) is 27.4 Å². The van der Waals surface area contributed by atoms with Gasteiger partial charge in [0.15, 0.2) is 11.9 Å². The summed E-state index contributed by atoms with van der Waals surface area (Å²) in [4.78, 5) is 4.57. The van der Waals surface area contributed by atoms with Crippen LogP contribution in [0.1, 0.15) is 25.1 Å². The minimum absolute atomic E-state index is 0.186. The highest BCUT2D eigenvalue weighted by atomic mass is 32.2. The number of aromatic hydroxyl groups is 1. The summed E-state index contributed by atoms with van der Waals surface area (Å²) in [6, 6.07) is 14.8. The summed E-state index contributed by atoms with van der Waals surface area (Å²) < 4.78 is 6.15. The van der Waals surface area contributed by atoms with Crippen LogP contribution in [0.3, 0.4) is 0 Å². The molecule has 2 N–H and O–H groups in total. The monoisotopic (exact) mass is 366 g/mol. The summed E-state index contributed by atoms with van der Waals surface area (Å²) >= 11 is 1.56. The van der Waals surface area contributed by atoms with Gasteiger partial charge >= 0.3 is 0 Å². The molecule has 0 saturated heterocycles. The van der Waals surface area contributed by atoms with Gasteiger partial charge in [-0.15, -0.1) is 10.2 Å². The van der Waals surface area contributed by atoms with E-state index in [1.807, 2.05) is 30.3 Å². The smallest absolute Gasteiger partial charge is 0.247 e. The Kier molecular flexibility index (Phi) is 4.62. The van der Waals surface area contributed by atoms with Gasteiger partial charge in [-0.25, -0.2) is 0 Å². The van der Waals surface area contributed by atoms with E-state index in [9.17, 15) is 5.11 Å². The Hall–Kier alpha value is -2.80. The molecule has 0 unspecified atom stereocenters. The fourth-order valence-corrected chi connectivity index (χ4v) is 3.37. The molecule has 0 spiro atoms. The van der Waals surface area contributed by atoms with E-state index in [-0.39, 0.29) is 5.75 Å². The molecule has 2 heterocycles. The Bertz CT molecular complexity index is 935. The molecule has 1 aliphatic rings. The van der Waals surface area contributed by atoms with Gasteiger partial charge in [0.1, 0.15) is 5.75 Å². The molecular formula is C19H18N4O2S. The normalized spacial score (nSPS) is 15.2. The van der Waals surface area contributed by atoms with Crippen LogP contribution in [-0.2, 0) is 0 Å². The number of phenols is 1. The Morgan fingerprint density at radius 2 is 2.04 bits per heavy atom. The average molecular weight is 366 g/mol. The van der Waals surface area contributed by atoms with Crippen molar-refractivity contribution in [1.29, 1.82) is 0 Å². The lowest BCUT2D eigenvalue weighted by molar-refractivity contribution is 0.225. The fourth-order valence-electron chi connectivity index (χ4n) is 2.74. The topological polar surface area (TPSA) is 80.2 Å². The first-order valence-electron chi connectivity index (χ1n) is 8.43. The molecule has 1 aromatic heterocycles. The summed E-state index contributed by atoms with van der Waals surface area (Å²) in [5.74, 6) is 1.54. The van der Waals surface area contributed by atoms with E-state index in [0.717, 1.165) is 29.0 Å². The van der Waals surface area contributed by atoms with Gasteiger partial charge in [0.05, 0.1) is 0 Å². The largest absolute Gasteiger partial charge is 0.508 e. The molecular weight excluding hydrogens is 348 g/mol. The van der Waals surface area contributed by atoms with Crippen molar-refractivity contribution < 1.29 is 9.84 Å². The lowest BCUT2D eigenvalue weighted by Crippen LogP contribution is -2.17. The summed E-state index contributed by atoms with van der Waals surface area (Å²) in [7, 11) is 0. The first-order chi connectivity index (χ1) is 12.7. The third-order valence-electron chi connectivity index (χ3n) is 3.94. The number of anilines is 1. The molecule has 2 aromatic carbocycles. The van der Waals surface area contributed by atoms with Crippen molar-refractivity contribution in [3.63, 3.8) is 0 Å². The van der Waals surface area contributed by atoms with Crippen LogP contribution in [0.15, 0.2) is 53.7 Å². The van der Waals surface area contributed by atoms with Crippen LogP contribution in [0.5, 0.6) is 11.6 Å². The number of thioether (sulfide) groups is 1. The number of aromatic nitrogens is 3. The van der Waals surface area contributed by atoms with Crippen molar-refractivity contribution in [3.8, 4) is 22.9 Å². The second-order valence-corrected chi connectivity index (χ2v) is 6.94. The molecule has 4 rings (SSSR count). The summed E-state index contributed by atoms with van der Waals surface area (Å²) in [6.07, 6.45) is 0.535. The number of hydrogen-bond donors (Lipinski definition) is 2. The van der Waals surface area contributed by atoms with Gasteiger partial charge in [-0.3, -0.25) is 0 Å². The van der Waals surface area contributed by atoms with E-state index < -0.39 is 6.23 Å². The summed E-state index contributed by atoms with van der Waals surface area (Å²) in [5.41, 5.74) is 3.17. The van der Waals surface area contributed by atoms with Crippen LogP contribution in [0.4, 0.5) is 5.69 Å². The zero-order valence-corrected chi connectivity index (χ0v) is 15.0. The van der Waals surface area contributed by atoms with Crippen molar-refractivity contribution in [2.75, 3.05) is 11.1 Å². The summed E-state index contributed by atoms with van der Waals surface area (Å²) in [6.45, 7) is 2.11. The summed E-state index contributed by atoms with van der Waals surface area (Å²) in [5, 5.41) is 22.4. The van der Waals surface area contributed by atoms with Gasteiger partial charge in [-0.2, -0.15) is 4.98 Å². The number of phenolic OH excluding ortho intramolecular Hbond substituents is 1. The van der Waals surface area contributed by atoms with Crippen molar-refractivity contribution in [3.05, 3.63) is 54.1 Å². The van der Waals surface area contributed by atoms with Crippen LogP contribution < -0.4 is 10.1 Å². The highest BCUT2D eigenvalue weighted by molar-refractivity contribution is 7.99. The predicted molar refractivity (Wildman–Crippen MR) is 101 cm³/mol. The van der Waals surface area contributed by atoms with Crippen LogP contribution in [-0.4, -0.2) is 26.0 Å². The maximum absolute atomic E-state index is 9.82. The quantitative estimate of drug-likeness (QED) is 0.668. The number of nitrogens with zero attached hydrogens (tertiary/aromatic N) is 3. The standard InChI is InChI=1S/C19H18N4O2S/c1-2-10-26-19-21-18-16(22-23-19)14-8-3-4-9-15(14)20-17(25-18)12-6-5-7-13(24)11-12/h3-9,11,17,20,24H,2,10H2,1H3/t17-/m1/s1. The second kappa shape index (κ2) is 7.21. The molecule has 0 fully saturated rings. The lowest BCUT2D eigenvalue weighted by Gasteiger charge is -2.19. The Morgan fingerprint density at radius 1 is 1.15 bits per heavy atom. The van der Waals surface area contributed by atoms with Crippen LogP contribution in [0, 0.1) is 0 Å². The molecule has 0 saturated carbocycles. The third kappa shape index (κ3) is 3.30. The molecule has 0 amide bonds. The number of rotatable bonds is 4. The SMILES string of the molecule is CCCSc1nnc2c(n1)O[C@H](c1cccc(O)c1)Nc1ccccc1-2. The average Bonchev–Trinajstić information content (AvgIpc) is 2.83. The van der Waals surface area contributed by atoms with E-state index >= 15 is 0 Å². The van der Waals surface area contributed by atoms with Gasteiger partial charge in [0.25, 0.3) is 0 Å². The van der Waals surface area contributed by atoms with Crippen molar-refractivity contribution in [2.24, 2.45) is 0 Å². The number of fused-ring (bicyclic) bond motifs is 3. The predicted octanol–water partition coefficient (Wildman–Crippen LogP) is 4.25. The van der Waals surface area contributed by atoms with Crippen molar-refractivity contribution in [1.82, 2.24) is 15.2 Å². The van der Waals surface area contributed by atoms with Gasteiger partial charge in [-0.05, 0) is 24.6 Å². The number of benzene rings is 2. The fraction of sp³-hybridized carbons (Fsp3) is 0.211. The van der Waals surface area contributed by atoms with E-state index in [1.54, 1.807) is 30.0 Å². The van der Waals surface area contributed by atoms with Crippen LogP contribution in [0.2, 0.25) is 0 Å². The molecule has 1 aliphatic heterocycles. The van der Waals surface area contributed by atoms with Crippen molar-refractivity contribution in [2.45, 2.75) is 24.7 Å². The maximum Gasteiger partial charge on any atom is 0.247 e. The van der Waals surface area contributed by atoms with Gasteiger partial charge in [0, 0.05) is 22.6 Å². The Balaban J connectivity index is 1.79. The van der Waals surface area contributed by atoms with Gasteiger partial charge in [0.2, 0.25) is 11.0 Å². The Morgan fingerprint density at radius 3 is 2.88 bits per heavy atom. The lowest BCUT2D eigenvalue weighted by atomic mass is 10.1. The molecule has 132 valence electrons. The first-order valence-corrected chi connectivity index (χ1v) is 9.42. The molecule has 0 aliphatic carbocycles. The van der Waals surface area contributed by atoms with Gasteiger partial charge < -0.3 is 15.2 Å². The van der Waals surface area contributed by atoms with Gasteiger partial charge in [-0.1, -0.05) is 49.0 Å². The molecule has 0 bridgehead atoms. The second-order valence-electron chi connectivity index (χ2n) is 5.88. The first kappa shape index (κ1) is 16.7. The number of hydrogen-bond acceptors (Lipinski definition) is 7. The van der Waals surface area contributed by atoms with Crippen LogP contribution >= 0.6 is 11.8 Å². The zero-order valence-electron chi connectivity index (χ0n) is 14.2. The molecule has 7 heteroatoms. The zero-order chi connectivity index (χ0) is 17.9. The highest BCUT2D eigenvalue weighted by Crippen LogP contribution is 2.39. The molecule has 6 nitrogen and oxygen atoms in total. The highest BCUT2D eigenvalue weighted by Gasteiger charge is 2.26. The number of nitrogens with one attached hydrogen (secondary N) is 1. The minimum Gasteiger partial charge on any atom is -0.508 e. The van der Waals surface area contributed by atoms with E-state index in [1.165, 1.54) is 0 Å². The number of para-hydroxylation sites is 1. The van der Waals surface area contributed by atoms with Crippen molar-refractivity contribution >= 4 is 17.4 Å². The van der Waals surface area contributed by atoms with E-state index in [4.69, 9.17) is 4.74 Å². The molecule has 1 atom stereocenters. The maximum atomic E-state index is 9.82. The minimum atomic E-state index is -0.495. The number of ether oxygens (including phenoxy) is 1. The molecule has 3 aromatic rings. The van der Waals surface area contributed by atoms with E-state index in [0.29, 0.717) is 16.7 Å². The van der Waals surface area contributed by atoms with Crippen LogP contribution in [0.25, 0.3) is 11.3 Å². The Labute approximate surface area is 155 Å². The molecule has 0 radical (unpaired) electrons. The third-order valence-corrected chi connectivity index (χ3v) is 4.99.